The van der Waals surface area contributed by atoms with Crippen LogP contribution in [0, 0.1) is 0 Å². The van der Waals surface area contributed by atoms with Gasteiger partial charge in [-0.15, -0.1) is 0 Å². The summed E-state index contributed by atoms with van der Waals surface area (Å²) >= 11 is 0. The Hall–Kier alpha value is -4.41. The monoisotopic (exact) mass is 494 g/mol. The van der Waals surface area contributed by atoms with E-state index in [0.717, 1.165) is 16.8 Å². The van der Waals surface area contributed by atoms with Gasteiger partial charge in [0.05, 0.1) is 0 Å². The molecule has 4 heteroatoms. The fourth-order valence-electron chi connectivity index (χ4n) is 6.28. The topological polar surface area (TPSA) is 23.6 Å². The molecule has 3 nitrogen and oxygen atoms in total. The van der Waals surface area contributed by atoms with Crippen LogP contribution in [0.1, 0.15) is 15.9 Å². The molecule has 0 spiro atoms. The molecule has 0 aliphatic carbocycles. The van der Waals surface area contributed by atoms with Gasteiger partial charge in [-0.1, -0.05) is 97.1 Å². The number of nitrogens with zero attached hydrogens (tertiary/aromatic N) is 2. The van der Waals surface area contributed by atoms with Crippen molar-refractivity contribution in [2.45, 2.75) is 6.54 Å². The van der Waals surface area contributed by atoms with E-state index in [-0.39, 0.29) is 5.91 Å². The minimum atomic E-state index is -2.60. The SMILES string of the molecule is CN1Cc2cc(N3c4ccccc4[Si](c4ccccc4)(c4ccccc4)c4ccccc43)ccc2C1=O. The summed E-state index contributed by atoms with van der Waals surface area (Å²) in [5.41, 5.74) is 5.39. The summed E-state index contributed by atoms with van der Waals surface area (Å²) in [5.74, 6) is 0.0978. The van der Waals surface area contributed by atoms with Gasteiger partial charge in [-0.3, -0.25) is 4.79 Å². The van der Waals surface area contributed by atoms with E-state index in [1.54, 1.807) is 4.90 Å². The summed E-state index contributed by atoms with van der Waals surface area (Å²) in [6.07, 6.45) is 0. The molecule has 178 valence electrons. The number of anilines is 3. The first-order valence-corrected chi connectivity index (χ1v) is 14.7. The van der Waals surface area contributed by atoms with Gasteiger partial charge in [0.1, 0.15) is 0 Å². The lowest BCUT2D eigenvalue weighted by molar-refractivity contribution is 0.0816. The third-order valence-corrected chi connectivity index (χ3v) is 12.7. The van der Waals surface area contributed by atoms with Gasteiger partial charge in [0, 0.05) is 36.2 Å². The Morgan fingerprint density at radius 3 is 1.70 bits per heavy atom. The van der Waals surface area contributed by atoms with Crippen molar-refractivity contribution in [3.05, 3.63) is 139 Å². The second-order valence-electron chi connectivity index (χ2n) is 9.85. The average molecular weight is 495 g/mol. The predicted octanol–water partition coefficient (Wildman–Crippen LogP) is 4.43. The van der Waals surface area contributed by atoms with Crippen LogP contribution < -0.4 is 25.6 Å². The highest BCUT2D eigenvalue weighted by Gasteiger charge is 2.48. The van der Waals surface area contributed by atoms with Crippen LogP contribution in [0.5, 0.6) is 0 Å². The molecule has 0 N–H and O–H groups in total. The zero-order valence-corrected chi connectivity index (χ0v) is 21.6. The van der Waals surface area contributed by atoms with Crippen LogP contribution in [-0.4, -0.2) is 25.9 Å². The van der Waals surface area contributed by atoms with Crippen molar-refractivity contribution in [3.63, 3.8) is 0 Å². The number of hydrogen-bond donors (Lipinski definition) is 0. The number of carbonyl (C=O) groups excluding carboxylic acids is 1. The molecule has 0 radical (unpaired) electrons. The number of carbonyl (C=O) groups is 1. The highest BCUT2D eigenvalue weighted by molar-refractivity contribution is 7.21. The normalized spacial score (nSPS) is 15.2. The molecule has 0 aromatic heterocycles. The van der Waals surface area contributed by atoms with Gasteiger partial charge in [-0.05, 0) is 56.6 Å². The molecule has 0 saturated carbocycles. The number of rotatable bonds is 3. The second kappa shape index (κ2) is 8.32. The zero-order chi connectivity index (χ0) is 25.0. The minimum absolute atomic E-state index is 0.0978. The van der Waals surface area contributed by atoms with Crippen molar-refractivity contribution in [1.82, 2.24) is 4.90 Å². The molecule has 2 aliphatic rings. The van der Waals surface area contributed by atoms with Gasteiger partial charge < -0.3 is 9.80 Å². The third kappa shape index (κ3) is 3.09. The summed E-state index contributed by atoms with van der Waals surface area (Å²) in [4.78, 5) is 16.8. The van der Waals surface area contributed by atoms with Crippen LogP contribution in [-0.2, 0) is 6.54 Å². The summed E-state index contributed by atoms with van der Waals surface area (Å²) in [7, 11) is -0.729. The fourth-order valence-corrected chi connectivity index (χ4v) is 11.4. The van der Waals surface area contributed by atoms with E-state index >= 15 is 0 Å². The first kappa shape index (κ1) is 21.8. The van der Waals surface area contributed by atoms with Crippen LogP contribution in [0.3, 0.4) is 0 Å². The smallest absolute Gasteiger partial charge is 0.254 e. The van der Waals surface area contributed by atoms with Crippen molar-refractivity contribution < 1.29 is 4.79 Å². The van der Waals surface area contributed by atoms with Crippen LogP contribution >= 0.6 is 0 Å². The molecule has 0 atom stereocenters. The van der Waals surface area contributed by atoms with E-state index in [0.29, 0.717) is 6.54 Å². The summed E-state index contributed by atoms with van der Waals surface area (Å²) in [5, 5.41) is 5.50. The molecule has 7 rings (SSSR count). The van der Waals surface area contributed by atoms with E-state index in [9.17, 15) is 4.79 Å². The molecule has 5 aromatic carbocycles. The molecule has 2 heterocycles. The minimum Gasteiger partial charge on any atom is -0.337 e. The number of benzene rings is 5. The van der Waals surface area contributed by atoms with Gasteiger partial charge >= 0.3 is 0 Å². The average Bonchev–Trinajstić information content (AvgIpc) is 3.24. The molecule has 0 unspecified atom stereocenters. The van der Waals surface area contributed by atoms with Crippen molar-refractivity contribution in [1.29, 1.82) is 0 Å². The first-order valence-electron chi connectivity index (χ1n) is 12.7. The summed E-state index contributed by atoms with van der Waals surface area (Å²) in [6.45, 7) is 0.645. The standard InChI is InChI=1S/C33H26N2OSi/c1-34-23-24-22-25(20-21-28(24)33(34)36)35-29-16-8-10-18-31(29)37(26-12-4-2-5-13-26,27-14-6-3-7-15-27)32-19-11-9-17-30(32)35/h2-22H,23H2,1H3. The van der Waals surface area contributed by atoms with E-state index < -0.39 is 8.07 Å². The molecular weight excluding hydrogens is 468 g/mol. The first-order chi connectivity index (χ1) is 18.2. The quantitative estimate of drug-likeness (QED) is 0.340. The lowest BCUT2D eigenvalue weighted by atomic mass is 10.1. The largest absolute Gasteiger partial charge is 0.337 e. The van der Waals surface area contributed by atoms with Crippen LogP contribution in [0.2, 0.25) is 0 Å². The predicted molar refractivity (Wildman–Crippen MR) is 154 cm³/mol. The van der Waals surface area contributed by atoms with Crippen LogP contribution in [0.25, 0.3) is 0 Å². The highest BCUT2D eigenvalue weighted by atomic mass is 28.3. The summed E-state index contributed by atoms with van der Waals surface area (Å²) in [6, 6.07) is 46.2. The summed E-state index contributed by atoms with van der Waals surface area (Å²) < 4.78 is 0. The Morgan fingerprint density at radius 2 is 1.14 bits per heavy atom. The van der Waals surface area contributed by atoms with E-state index in [1.165, 1.54) is 32.1 Å². The number of para-hydroxylation sites is 2. The molecule has 2 aliphatic heterocycles. The highest BCUT2D eigenvalue weighted by Crippen LogP contribution is 2.39. The van der Waals surface area contributed by atoms with E-state index in [2.05, 4.69) is 126 Å². The maximum atomic E-state index is 12.6. The lowest BCUT2D eigenvalue weighted by Crippen LogP contribution is -2.77. The van der Waals surface area contributed by atoms with Gasteiger partial charge in [-0.2, -0.15) is 0 Å². The molecule has 0 saturated heterocycles. The number of fused-ring (bicyclic) bond motifs is 3. The third-order valence-electron chi connectivity index (χ3n) is 7.84. The van der Waals surface area contributed by atoms with Gasteiger partial charge in [-0.25, -0.2) is 0 Å². The van der Waals surface area contributed by atoms with Gasteiger partial charge in [0.25, 0.3) is 5.91 Å². The van der Waals surface area contributed by atoms with Crippen molar-refractivity contribution in [3.8, 4) is 0 Å². The maximum Gasteiger partial charge on any atom is 0.254 e. The molecule has 37 heavy (non-hydrogen) atoms. The van der Waals surface area contributed by atoms with E-state index in [4.69, 9.17) is 0 Å². The Labute approximate surface area is 218 Å². The Bertz CT molecular complexity index is 1560. The fraction of sp³-hybridized carbons (Fsp3) is 0.0606. The van der Waals surface area contributed by atoms with Gasteiger partial charge in [0.15, 0.2) is 8.07 Å². The molecule has 5 aromatic rings. The molecule has 1 amide bonds. The zero-order valence-electron chi connectivity index (χ0n) is 20.6. The van der Waals surface area contributed by atoms with Crippen LogP contribution in [0.15, 0.2) is 127 Å². The van der Waals surface area contributed by atoms with Crippen molar-refractivity contribution >= 4 is 51.8 Å². The molecular formula is C33H26N2OSi. The molecule has 0 bridgehead atoms. The lowest BCUT2D eigenvalue weighted by Gasteiger charge is -2.45. The van der Waals surface area contributed by atoms with Gasteiger partial charge in [0.2, 0.25) is 0 Å². The number of hydrogen-bond acceptors (Lipinski definition) is 2. The Kier molecular flexibility index (Phi) is 4.91. The van der Waals surface area contributed by atoms with Crippen LogP contribution in [0.4, 0.5) is 17.1 Å². The number of amides is 1. The van der Waals surface area contributed by atoms with Crippen molar-refractivity contribution in [2.75, 3.05) is 11.9 Å². The second-order valence-corrected chi connectivity index (χ2v) is 13.6. The molecule has 0 fully saturated rings. The van der Waals surface area contributed by atoms with Crippen molar-refractivity contribution in [2.24, 2.45) is 0 Å². The maximum absolute atomic E-state index is 12.6. The Morgan fingerprint density at radius 1 is 0.622 bits per heavy atom. The van der Waals surface area contributed by atoms with E-state index in [1.807, 2.05) is 13.1 Å². The Balaban J connectivity index is 1.56.